The van der Waals surface area contributed by atoms with Crippen molar-refractivity contribution in [2.75, 3.05) is 6.54 Å². The first kappa shape index (κ1) is 16.5. The second-order valence-corrected chi connectivity index (χ2v) is 6.21. The SMILES string of the molecule is O=C(NCC(O)(c1ccco1)C1CC1)c1cc(Cl)ccc1[N+](=O)[O-]. The quantitative estimate of drug-likeness (QED) is 0.615. The fraction of sp³-hybridized carbons (Fsp3) is 0.312. The Labute approximate surface area is 142 Å². The minimum absolute atomic E-state index is 0.0155. The van der Waals surface area contributed by atoms with E-state index < -0.39 is 16.4 Å². The number of nitrogens with one attached hydrogen (secondary N) is 1. The molecule has 1 saturated carbocycles. The van der Waals surface area contributed by atoms with Crippen molar-refractivity contribution < 1.29 is 19.2 Å². The number of carbonyl (C=O) groups excluding carboxylic acids is 1. The molecule has 126 valence electrons. The molecule has 1 aromatic carbocycles. The Bertz CT molecular complexity index is 773. The van der Waals surface area contributed by atoms with Crippen LogP contribution >= 0.6 is 11.6 Å². The zero-order valence-corrected chi connectivity index (χ0v) is 13.3. The number of aliphatic hydroxyl groups is 1. The fourth-order valence-electron chi connectivity index (χ4n) is 2.68. The smallest absolute Gasteiger partial charge is 0.282 e. The molecule has 1 aromatic heterocycles. The minimum Gasteiger partial charge on any atom is -0.466 e. The highest BCUT2D eigenvalue weighted by molar-refractivity contribution is 6.31. The minimum atomic E-state index is -1.33. The average Bonchev–Trinajstić information content (AvgIpc) is 3.27. The van der Waals surface area contributed by atoms with E-state index in [-0.39, 0.29) is 28.7 Å². The first-order chi connectivity index (χ1) is 11.4. The summed E-state index contributed by atoms with van der Waals surface area (Å²) in [5.74, 6) is -0.320. The van der Waals surface area contributed by atoms with Gasteiger partial charge in [0, 0.05) is 11.1 Å². The van der Waals surface area contributed by atoms with E-state index in [1.807, 2.05) is 0 Å². The van der Waals surface area contributed by atoms with E-state index in [9.17, 15) is 20.0 Å². The van der Waals surface area contributed by atoms with E-state index >= 15 is 0 Å². The number of rotatable bonds is 6. The van der Waals surface area contributed by atoms with Crippen LogP contribution in [0.4, 0.5) is 5.69 Å². The van der Waals surface area contributed by atoms with Crippen molar-refractivity contribution in [3.05, 3.63) is 63.1 Å². The fourth-order valence-corrected chi connectivity index (χ4v) is 2.85. The number of hydrogen-bond acceptors (Lipinski definition) is 5. The van der Waals surface area contributed by atoms with Gasteiger partial charge in [-0.05, 0) is 43.0 Å². The molecule has 1 aliphatic rings. The number of amides is 1. The molecule has 7 nitrogen and oxygen atoms in total. The number of carbonyl (C=O) groups is 1. The number of furan rings is 1. The summed E-state index contributed by atoms with van der Waals surface area (Å²) in [6.45, 7) is -0.103. The number of nitro benzene ring substituents is 1. The number of halogens is 1. The van der Waals surface area contributed by atoms with Crippen molar-refractivity contribution in [1.29, 1.82) is 0 Å². The monoisotopic (exact) mass is 350 g/mol. The lowest BCUT2D eigenvalue weighted by Gasteiger charge is -2.26. The molecule has 0 saturated heterocycles. The predicted octanol–water partition coefficient (Wildman–Crippen LogP) is 2.87. The standard InChI is InChI=1S/C16H15ClN2O5/c17-11-5-6-13(19(22)23)12(8-11)15(20)18-9-16(21,10-3-4-10)14-2-1-7-24-14/h1-2,5-8,10,21H,3-4,9H2,(H,18,20). The molecule has 8 heteroatoms. The Balaban J connectivity index is 1.80. The van der Waals surface area contributed by atoms with Crippen LogP contribution in [0.5, 0.6) is 0 Å². The summed E-state index contributed by atoms with van der Waals surface area (Å²) in [6.07, 6.45) is 3.10. The van der Waals surface area contributed by atoms with Gasteiger partial charge in [0.2, 0.25) is 0 Å². The van der Waals surface area contributed by atoms with Gasteiger partial charge in [-0.25, -0.2) is 0 Å². The van der Waals surface area contributed by atoms with Crippen LogP contribution in [0.3, 0.4) is 0 Å². The largest absolute Gasteiger partial charge is 0.466 e. The van der Waals surface area contributed by atoms with Gasteiger partial charge in [0.1, 0.15) is 16.9 Å². The van der Waals surface area contributed by atoms with Crippen LogP contribution in [0.15, 0.2) is 41.0 Å². The lowest BCUT2D eigenvalue weighted by molar-refractivity contribution is -0.385. The molecular weight excluding hydrogens is 336 g/mol. The van der Waals surface area contributed by atoms with Gasteiger partial charge in [0.15, 0.2) is 0 Å². The highest BCUT2D eigenvalue weighted by Crippen LogP contribution is 2.45. The number of nitro groups is 1. The van der Waals surface area contributed by atoms with Crippen LogP contribution < -0.4 is 5.32 Å². The van der Waals surface area contributed by atoms with Crippen LogP contribution in [0.2, 0.25) is 5.02 Å². The van der Waals surface area contributed by atoms with Crippen LogP contribution in [0.1, 0.15) is 29.0 Å². The lowest BCUT2D eigenvalue weighted by Crippen LogP contribution is -2.42. The van der Waals surface area contributed by atoms with Crippen molar-refractivity contribution in [3.63, 3.8) is 0 Å². The molecule has 2 N–H and O–H groups in total. The molecule has 0 aliphatic heterocycles. The van der Waals surface area contributed by atoms with Gasteiger partial charge < -0.3 is 14.8 Å². The summed E-state index contributed by atoms with van der Waals surface area (Å²) in [5.41, 5.74) is -1.82. The van der Waals surface area contributed by atoms with Gasteiger partial charge in [0.25, 0.3) is 11.6 Å². The molecule has 0 spiro atoms. The first-order valence-corrected chi connectivity index (χ1v) is 7.78. The maximum Gasteiger partial charge on any atom is 0.282 e. The molecule has 3 rings (SSSR count). The second-order valence-electron chi connectivity index (χ2n) is 5.78. The lowest BCUT2D eigenvalue weighted by atomic mass is 9.94. The summed E-state index contributed by atoms with van der Waals surface area (Å²) < 4.78 is 5.29. The number of nitrogens with zero attached hydrogens (tertiary/aromatic N) is 1. The van der Waals surface area contributed by atoms with E-state index in [0.29, 0.717) is 5.76 Å². The second kappa shape index (κ2) is 6.26. The molecular formula is C16H15ClN2O5. The van der Waals surface area contributed by atoms with Gasteiger partial charge in [-0.3, -0.25) is 14.9 Å². The van der Waals surface area contributed by atoms with Gasteiger partial charge in [0.05, 0.1) is 17.7 Å². The molecule has 1 unspecified atom stereocenters. The average molecular weight is 351 g/mol. The highest BCUT2D eigenvalue weighted by atomic mass is 35.5. The number of hydrogen-bond donors (Lipinski definition) is 2. The normalized spacial score (nSPS) is 16.4. The molecule has 1 fully saturated rings. The topological polar surface area (TPSA) is 106 Å². The Morgan fingerprint density at radius 1 is 1.46 bits per heavy atom. The maximum atomic E-state index is 12.4. The van der Waals surface area contributed by atoms with Gasteiger partial charge >= 0.3 is 0 Å². The summed E-state index contributed by atoms with van der Waals surface area (Å²) in [7, 11) is 0. The molecule has 24 heavy (non-hydrogen) atoms. The number of benzene rings is 1. The zero-order valence-electron chi connectivity index (χ0n) is 12.6. The van der Waals surface area contributed by atoms with Crippen LogP contribution in [0, 0.1) is 16.0 Å². The van der Waals surface area contributed by atoms with Crippen LogP contribution in [0.25, 0.3) is 0 Å². The molecule has 1 atom stereocenters. The maximum absolute atomic E-state index is 12.4. The van der Waals surface area contributed by atoms with Crippen molar-refractivity contribution in [3.8, 4) is 0 Å². The van der Waals surface area contributed by atoms with E-state index in [0.717, 1.165) is 12.8 Å². The van der Waals surface area contributed by atoms with Crippen molar-refractivity contribution in [2.24, 2.45) is 5.92 Å². The Kier molecular flexibility index (Phi) is 4.29. The molecule has 0 bridgehead atoms. The van der Waals surface area contributed by atoms with Crippen molar-refractivity contribution in [1.82, 2.24) is 5.32 Å². The Morgan fingerprint density at radius 3 is 2.79 bits per heavy atom. The van der Waals surface area contributed by atoms with Crippen molar-refractivity contribution >= 4 is 23.2 Å². The van der Waals surface area contributed by atoms with E-state index in [1.165, 1.54) is 24.5 Å². The Morgan fingerprint density at radius 2 is 2.21 bits per heavy atom. The third kappa shape index (κ3) is 3.13. The summed E-state index contributed by atoms with van der Waals surface area (Å²) in [5, 5.41) is 24.7. The Hall–Kier alpha value is -2.38. The predicted molar refractivity (Wildman–Crippen MR) is 85.8 cm³/mol. The highest BCUT2D eigenvalue weighted by Gasteiger charge is 2.47. The first-order valence-electron chi connectivity index (χ1n) is 7.40. The van der Waals surface area contributed by atoms with E-state index in [2.05, 4.69) is 5.32 Å². The summed E-state index contributed by atoms with van der Waals surface area (Å²) >= 11 is 5.83. The molecule has 1 aliphatic carbocycles. The van der Waals surface area contributed by atoms with Gasteiger partial charge in [-0.15, -0.1) is 0 Å². The molecule has 1 amide bonds. The molecule has 2 aromatic rings. The van der Waals surface area contributed by atoms with Crippen LogP contribution in [-0.2, 0) is 5.60 Å². The third-order valence-corrected chi connectivity index (χ3v) is 4.35. The van der Waals surface area contributed by atoms with E-state index in [4.69, 9.17) is 16.0 Å². The molecule has 1 heterocycles. The zero-order chi connectivity index (χ0) is 17.3. The van der Waals surface area contributed by atoms with Gasteiger partial charge in [-0.1, -0.05) is 11.6 Å². The third-order valence-electron chi connectivity index (χ3n) is 4.12. The van der Waals surface area contributed by atoms with Gasteiger partial charge in [-0.2, -0.15) is 0 Å². The molecule has 0 radical (unpaired) electrons. The summed E-state index contributed by atoms with van der Waals surface area (Å²) in [4.78, 5) is 22.8. The van der Waals surface area contributed by atoms with E-state index in [1.54, 1.807) is 12.1 Å². The summed E-state index contributed by atoms with van der Waals surface area (Å²) in [6, 6.07) is 7.06. The van der Waals surface area contributed by atoms with Crippen molar-refractivity contribution in [2.45, 2.75) is 18.4 Å². The van der Waals surface area contributed by atoms with Crippen LogP contribution in [-0.4, -0.2) is 22.5 Å².